The summed E-state index contributed by atoms with van der Waals surface area (Å²) in [6.45, 7) is 12.6. The monoisotopic (exact) mass is 235 g/mol. The Morgan fingerprint density at radius 1 is 1.18 bits per heavy atom. The minimum absolute atomic E-state index is 0.205. The van der Waals surface area contributed by atoms with Crippen molar-refractivity contribution in [3.05, 3.63) is 29.3 Å². The van der Waals surface area contributed by atoms with Gasteiger partial charge in [0, 0.05) is 6.54 Å². The van der Waals surface area contributed by atoms with E-state index in [1.165, 1.54) is 11.1 Å². The standard InChI is InChI=1S/C15H25NO/c1-6-16-10-13(5)17-15-8-12(4)7-14(9-15)11(2)3/h7-9,11,13,16H,6,10H2,1-5H3. The van der Waals surface area contributed by atoms with E-state index < -0.39 is 0 Å². The quantitative estimate of drug-likeness (QED) is 0.815. The van der Waals surface area contributed by atoms with Gasteiger partial charge in [-0.2, -0.15) is 0 Å². The molecule has 0 aliphatic rings. The van der Waals surface area contributed by atoms with E-state index in [9.17, 15) is 0 Å². The van der Waals surface area contributed by atoms with E-state index in [0.29, 0.717) is 5.92 Å². The average molecular weight is 235 g/mol. The van der Waals surface area contributed by atoms with Crippen molar-refractivity contribution in [1.82, 2.24) is 5.32 Å². The number of benzene rings is 1. The molecule has 1 unspecified atom stereocenters. The van der Waals surface area contributed by atoms with E-state index in [1.54, 1.807) is 0 Å². The molecule has 1 N–H and O–H groups in total. The Labute approximate surface area is 105 Å². The average Bonchev–Trinajstić information content (AvgIpc) is 2.25. The summed E-state index contributed by atoms with van der Waals surface area (Å²) >= 11 is 0. The van der Waals surface area contributed by atoms with E-state index in [4.69, 9.17) is 4.74 Å². The van der Waals surface area contributed by atoms with Gasteiger partial charge in [-0.3, -0.25) is 0 Å². The van der Waals surface area contributed by atoms with E-state index in [0.717, 1.165) is 18.8 Å². The molecule has 0 aliphatic heterocycles. The Kier molecular flexibility index (Phi) is 5.49. The Balaban J connectivity index is 2.70. The van der Waals surface area contributed by atoms with Crippen molar-refractivity contribution < 1.29 is 4.74 Å². The van der Waals surface area contributed by atoms with Gasteiger partial charge in [0.25, 0.3) is 0 Å². The van der Waals surface area contributed by atoms with Gasteiger partial charge in [0.1, 0.15) is 11.9 Å². The Morgan fingerprint density at radius 3 is 2.47 bits per heavy atom. The van der Waals surface area contributed by atoms with Crippen molar-refractivity contribution >= 4 is 0 Å². The van der Waals surface area contributed by atoms with Gasteiger partial charge in [0.15, 0.2) is 0 Å². The predicted octanol–water partition coefficient (Wildman–Crippen LogP) is 3.50. The second-order valence-corrected chi connectivity index (χ2v) is 4.97. The van der Waals surface area contributed by atoms with Gasteiger partial charge >= 0.3 is 0 Å². The molecule has 0 saturated heterocycles. The van der Waals surface area contributed by atoms with Gasteiger partial charge in [-0.05, 0) is 49.6 Å². The van der Waals surface area contributed by atoms with Gasteiger partial charge in [-0.1, -0.05) is 26.8 Å². The third kappa shape index (κ3) is 4.78. The fourth-order valence-electron chi connectivity index (χ4n) is 1.80. The number of aryl methyl sites for hydroxylation is 1. The van der Waals surface area contributed by atoms with Crippen LogP contribution in [0.3, 0.4) is 0 Å². The highest BCUT2D eigenvalue weighted by molar-refractivity contribution is 5.35. The van der Waals surface area contributed by atoms with Gasteiger partial charge in [0.2, 0.25) is 0 Å². The van der Waals surface area contributed by atoms with Crippen molar-refractivity contribution in [2.24, 2.45) is 0 Å². The van der Waals surface area contributed by atoms with Crippen LogP contribution in [0.15, 0.2) is 18.2 Å². The number of likely N-dealkylation sites (N-methyl/N-ethyl adjacent to an activating group) is 1. The summed E-state index contributed by atoms with van der Waals surface area (Å²) in [5, 5.41) is 3.30. The minimum atomic E-state index is 0.205. The molecule has 0 radical (unpaired) electrons. The number of nitrogens with one attached hydrogen (secondary N) is 1. The zero-order chi connectivity index (χ0) is 12.8. The number of hydrogen-bond acceptors (Lipinski definition) is 2. The van der Waals surface area contributed by atoms with E-state index in [1.807, 2.05) is 0 Å². The van der Waals surface area contributed by atoms with Gasteiger partial charge in [-0.25, -0.2) is 0 Å². The smallest absolute Gasteiger partial charge is 0.120 e. The summed E-state index contributed by atoms with van der Waals surface area (Å²) in [6.07, 6.45) is 0.205. The molecule has 0 aliphatic carbocycles. The summed E-state index contributed by atoms with van der Waals surface area (Å²) in [7, 11) is 0. The first-order valence-electron chi connectivity index (χ1n) is 6.52. The van der Waals surface area contributed by atoms with Gasteiger partial charge in [0.05, 0.1) is 0 Å². The van der Waals surface area contributed by atoms with Crippen molar-refractivity contribution in [1.29, 1.82) is 0 Å². The molecule has 96 valence electrons. The van der Waals surface area contributed by atoms with Crippen LogP contribution in [0.25, 0.3) is 0 Å². The Bertz CT molecular complexity index is 347. The Morgan fingerprint density at radius 2 is 1.88 bits per heavy atom. The molecule has 0 heterocycles. The summed E-state index contributed by atoms with van der Waals surface area (Å²) in [5.41, 5.74) is 2.61. The lowest BCUT2D eigenvalue weighted by molar-refractivity contribution is 0.218. The maximum absolute atomic E-state index is 5.93. The van der Waals surface area contributed by atoms with Crippen LogP contribution in [0.1, 0.15) is 44.7 Å². The molecule has 2 nitrogen and oxygen atoms in total. The first kappa shape index (κ1) is 14.0. The van der Waals surface area contributed by atoms with Crippen LogP contribution < -0.4 is 10.1 Å². The SMILES string of the molecule is CCNCC(C)Oc1cc(C)cc(C(C)C)c1. The molecule has 1 aromatic carbocycles. The molecule has 0 amide bonds. The van der Waals surface area contributed by atoms with Crippen LogP contribution in [-0.4, -0.2) is 19.2 Å². The maximum atomic E-state index is 5.93. The highest BCUT2D eigenvalue weighted by Gasteiger charge is 2.06. The van der Waals surface area contributed by atoms with Crippen LogP contribution in [0.4, 0.5) is 0 Å². The number of ether oxygens (including phenoxy) is 1. The molecule has 1 aromatic rings. The van der Waals surface area contributed by atoms with Crippen molar-refractivity contribution in [3.63, 3.8) is 0 Å². The summed E-state index contributed by atoms with van der Waals surface area (Å²) < 4.78 is 5.93. The minimum Gasteiger partial charge on any atom is -0.489 e. The fourth-order valence-corrected chi connectivity index (χ4v) is 1.80. The summed E-state index contributed by atoms with van der Waals surface area (Å²) in [5.74, 6) is 1.53. The molecular formula is C15H25NO. The molecule has 0 bridgehead atoms. The van der Waals surface area contributed by atoms with Gasteiger partial charge < -0.3 is 10.1 Å². The molecule has 0 fully saturated rings. The molecule has 1 rings (SSSR count). The van der Waals surface area contributed by atoms with Crippen LogP contribution in [0, 0.1) is 6.92 Å². The second-order valence-electron chi connectivity index (χ2n) is 4.97. The van der Waals surface area contributed by atoms with Crippen LogP contribution in [0.5, 0.6) is 5.75 Å². The molecule has 0 saturated carbocycles. The number of rotatable bonds is 6. The Hall–Kier alpha value is -1.02. The first-order valence-corrected chi connectivity index (χ1v) is 6.52. The lowest BCUT2D eigenvalue weighted by Crippen LogP contribution is -2.28. The van der Waals surface area contributed by atoms with Crippen LogP contribution >= 0.6 is 0 Å². The second kappa shape index (κ2) is 6.65. The molecule has 0 spiro atoms. The van der Waals surface area contributed by atoms with Crippen molar-refractivity contribution in [2.45, 2.75) is 46.6 Å². The molecule has 0 aromatic heterocycles. The zero-order valence-corrected chi connectivity index (χ0v) is 11.7. The largest absolute Gasteiger partial charge is 0.489 e. The van der Waals surface area contributed by atoms with Crippen molar-refractivity contribution in [2.75, 3.05) is 13.1 Å². The molecular weight excluding hydrogens is 210 g/mol. The predicted molar refractivity (Wildman–Crippen MR) is 73.9 cm³/mol. The van der Waals surface area contributed by atoms with Crippen LogP contribution in [-0.2, 0) is 0 Å². The van der Waals surface area contributed by atoms with E-state index in [-0.39, 0.29) is 6.10 Å². The summed E-state index contributed by atoms with van der Waals surface area (Å²) in [4.78, 5) is 0. The number of hydrogen-bond donors (Lipinski definition) is 1. The highest BCUT2D eigenvalue weighted by atomic mass is 16.5. The normalized spacial score (nSPS) is 12.8. The first-order chi connectivity index (χ1) is 8.02. The molecule has 17 heavy (non-hydrogen) atoms. The van der Waals surface area contributed by atoms with E-state index in [2.05, 4.69) is 58.1 Å². The summed E-state index contributed by atoms with van der Waals surface area (Å²) in [6, 6.07) is 6.49. The molecule has 2 heteroatoms. The lowest BCUT2D eigenvalue weighted by atomic mass is 10.0. The molecule has 1 atom stereocenters. The maximum Gasteiger partial charge on any atom is 0.120 e. The third-order valence-electron chi connectivity index (χ3n) is 2.76. The lowest BCUT2D eigenvalue weighted by Gasteiger charge is -2.17. The zero-order valence-electron chi connectivity index (χ0n) is 11.7. The van der Waals surface area contributed by atoms with Crippen molar-refractivity contribution in [3.8, 4) is 5.75 Å². The van der Waals surface area contributed by atoms with E-state index >= 15 is 0 Å². The van der Waals surface area contributed by atoms with Gasteiger partial charge in [-0.15, -0.1) is 0 Å². The highest BCUT2D eigenvalue weighted by Crippen LogP contribution is 2.23. The third-order valence-corrected chi connectivity index (χ3v) is 2.76. The topological polar surface area (TPSA) is 21.3 Å². The van der Waals surface area contributed by atoms with Crippen LogP contribution in [0.2, 0.25) is 0 Å². The fraction of sp³-hybridized carbons (Fsp3) is 0.600.